The molecule has 0 fully saturated rings. The Balaban J connectivity index is 1.91. The van der Waals surface area contributed by atoms with Crippen LogP contribution < -0.4 is 15.8 Å². The fourth-order valence-corrected chi connectivity index (χ4v) is 2.11. The van der Waals surface area contributed by atoms with Gasteiger partial charge >= 0.3 is 0 Å². The molecule has 0 amide bonds. The molecule has 2 aromatic rings. The predicted molar refractivity (Wildman–Crippen MR) is 90.0 cm³/mol. The molecule has 0 saturated heterocycles. The largest absolute Gasteiger partial charge is 0.331 e. The second kappa shape index (κ2) is 6.91. The van der Waals surface area contributed by atoms with Crippen molar-refractivity contribution in [2.75, 3.05) is 17.4 Å². The monoisotopic (exact) mass is 285 g/mol. The van der Waals surface area contributed by atoms with E-state index in [1.807, 2.05) is 54.5 Å². The van der Waals surface area contributed by atoms with Crippen LogP contribution in [0.25, 0.3) is 0 Å². The Morgan fingerprint density at radius 1 is 1.05 bits per heavy atom. The van der Waals surface area contributed by atoms with Crippen molar-refractivity contribution in [2.45, 2.75) is 13.3 Å². The summed E-state index contributed by atoms with van der Waals surface area (Å²) in [4.78, 5) is 0. The van der Waals surface area contributed by atoms with Crippen molar-refractivity contribution in [1.29, 1.82) is 0 Å². The zero-order chi connectivity index (χ0) is 14.4. The van der Waals surface area contributed by atoms with E-state index < -0.39 is 0 Å². The molecule has 0 aliphatic rings. The lowest BCUT2D eigenvalue weighted by molar-refractivity contribution is 0.888. The smallest absolute Gasteiger partial charge is 0.189 e. The lowest BCUT2D eigenvalue weighted by atomic mass is 10.1. The third-order valence-corrected chi connectivity index (χ3v) is 3.23. The molecule has 0 spiro atoms. The first-order valence-electron chi connectivity index (χ1n) is 6.64. The molecule has 0 unspecified atom stereocenters. The average molecular weight is 285 g/mol. The first-order chi connectivity index (χ1) is 9.69. The van der Waals surface area contributed by atoms with E-state index in [9.17, 15) is 0 Å². The third kappa shape index (κ3) is 3.96. The van der Waals surface area contributed by atoms with E-state index in [0.29, 0.717) is 5.11 Å². The van der Waals surface area contributed by atoms with Crippen LogP contribution in [0, 0.1) is 0 Å². The molecule has 2 N–H and O–H groups in total. The third-order valence-electron chi connectivity index (χ3n) is 3.03. The summed E-state index contributed by atoms with van der Waals surface area (Å²) < 4.78 is 0. The highest BCUT2D eigenvalue weighted by Crippen LogP contribution is 2.11. The van der Waals surface area contributed by atoms with Crippen molar-refractivity contribution in [1.82, 2.24) is 5.43 Å². The van der Waals surface area contributed by atoms with E-state index in [2.05, 4.69) is 29.8 Å². The Labute approximate surface area is 125 Å². The number of nitrogens with one attached hydrogen (secondary N) is 2. The molecule has 20 heavy (non-hydrogen) atoms. The maximum Gasteiger partial charge on any atom is 0.189 e. The first kappa shape index (κ1) is 14.3. The molecule has 0 atom stereocenters. The van der Waals surface area contributed by atoms with Gasteiger partial charge in [0.05, 0.1) is 5.69 Å². The van der Waals surface area contributed by atoms with Crippen LogP contribution >= 0.6 is 12.2 Å². The summed E-state index contributed by atoms with van der Waals surface area (Å²) in [6, 6.07) is 18.3. The van der Waals surface area contributed by atoms with Crippen molar-refractivity contribution >= 4 is 28.7 Å². The molecule has 2 aromatic carbocycles. The van der Waals surface area contributed by atoms with Crippen LogP contribution in [0.2, 0.25) is 0 Å². The molecular formula is C16H19N3S. The van der Waals surface area contributed by atoms with E-state index >= 15 is 0 Å². The SMILES string of the molecule is CCc1ccc(NC(=S)NN(C)c2ccccc2)cc1. The van der Waals surface area contributed by atoms with Gasteiger partial charge in [-0.2, -0.15) is 0 Å². The fourth-order valence-electron chi connectivity index (χ4n) is 1.85. The molecule has 0 bridgehead atoms. The van der Waals surface area contributed by atoms with Crippen molar-refractivity contribution in [3.63, 3.8) is 0 Å². The summed E-state index contributed by atoms with van der Waals surface area (Å²) in [6.07, 6.45) is 1.04. The van der Waals surface area contributed by atoms with Gasteiger partial charge in [-0.05, 0) is 48.5 Å². The second-order valence-electron chi connectivity index (χ2n) is 4.51. The van der Waals surface area contributed by atoms with Gasteiger partial charge in [0.2, 0.25) is 0 Å². The highest BCUT2D eigenvalue weighted by atomic mass is 32.1. The van der Waals surface area contributed by atoms with Crippen molar-refractivity contribution in [2.24, 2.45) is 0 Å². The molecular weight excluding hydrogens is 266 g/mol. The van der Waals surface area contributed by atoms with Gasteiger partial charge in [0.15, 0.2) is 5.11 Å². The lowest BCUT2D eigenvalue weighted by Gasteiger charge is -2.22. The molecule has 0 heterocycles. The topological polar surface area (TPSA) is 27.3 Å². The van der Waals surface area contributed by atoms with Crippen molar-refractivity contribution < 1.29 is 0 Å². The van der Waals surface area contributed by atoms with E-state index in [0.717, 1.165) is 17.8 Å². The summed E-state index contributed by atoms with van der Waals surface area (Å²) in [5.41, 5.74) is 6.48. The van der Waals surface area contributed by atoms with Gasteiger partial charge in [-0.1, -0.05) is 37.3 Å². The molecule has 104 valence electrons. The molecule has 0 saturated carbocycles. The number of hydrazine groups is 1. The number of hydrogen-bond acceptors (Lipinski definition) is 2. The van der Waals surface area contributed by atoms with E-state index in [-0.39, 0.29) is 0 Å². The molecule has 2 rings (SSSR count). The zero-order valence-electron chi connectivity index (χ0n) is 11.8. The number of thiocarbonyl (C=S) groups is 1. The van der Waals surface area contributed by atoms with Gasteiger partial charge in [0.25, 0.3) is 0 Å². The van der Waals surface area contributed by atoms with Gasteiger partial charge in [-0.3, -0.25) is 10.4 Å². The van der Waals surface area contributed by atoms with E-state index in [4.69, 9.17) is 12.2 Å². The molecule has 0 aliphatic heterocycles. The Morgan fingerprint density at radius 3 is 2.30 bits per heavy atom. The minimum atomic E-state index is 0.570. The second-order valence-corrected chi connectivity index (χ2v) is 4.92. The number of aryl methyl sites for hydroxylation is 1. The van der Waals surface area contributed by atoms with E-state index in [1.54, 1.807) is 0 Å². The summed E-state index contributed by atoms with van der Waals surface area (Å²) in [5, 5.41) is 5.63. The average Bonchev–Trinajstić information content (AvgIpc) is 2.49. The maximum absolute atomic E-state index is 5.31. The standard InChI is InChI=1S/C16H19N3S/c1-3-13-9-11-14(12-10-13)17-16(20)18-19(2)15-7-5-4-6-8-15/h4-12H,3H2,1-2H3,(H2,17,18,20). The van der Waals surface area contributed by atoms with Crippen LogP contribution in [-0.2, 0) is 6.42 Å². The van der Waals surface area contributed by atoms with Gasteiger partial charge in [-0.25, -0.2) is 0 Å². The Morgan fingerprint density at radius 2 is 1.70 bits per heavy atom. The molecule has 0 aromatic heterocycles. The van der Waals surface area contributed by atoms with Crippen LogP contribution in [-0.4, -0.2) is 12.2 Å². The molecule has 0 radical (unpaired) electrons. The number of rotatable bonds is 4. The number of anilines is 2. The van der Waals surface area contributed by atoms with E-state index in [1.165, 1.54) is 5.56 Å². The minimum absolute atomic E-state index is 0.570. The molecule has 0 aliphatic carbocycles. The highest BCUT2D eigenvalue weighted by Gasteiger charge is 2.02. The predicted octanol–water partition coefficient (Wildman–Crippen LogP) is 3.59. The first-order valence-corrected chi connectivity index (χ1v) is 7.05. The summed E-state index contributed by atoms with van der Waals surface area (Å²) in [5.74, 6) is 0. The number of para-hydroxylation sites is 1. The van der Waals surface area contributed by atoms with Crippen molar-refractivity contribution in [3.8, 4) is 0 Å². The highest BCUT2D eigenvalue weighted by molar-refractivity contribution is 7.80. The Hall–Kier alpha value is -2.07. The molecule has 4 heteroatoms. The Kier molecular flexibility index (Phi) is 4.96. The quantitative estimate of drug-likeness (QED) is 0.663. The van der Waals surface area contributed by atoms with Crippen LogP contribution in [0.5, 0.6) is 0 Å². The number of nitrogens with zero attached hydrogens (tertiary/aromatic N) is 1. The summed E-state index contributed by atoms with van der Waals surface area (Å²) in [6.45, 7) is 2.14. The van der Waals surface area contributed by atoms with Crippen molar-refractivity contribution in [3.05, 3.63) is 60.2 Å². The normalized spacial score (nSPS) is 9.90. The zero-order valence-corrected chi connectivity index (χ0v) is 12.6. The molecule has 3 nitrogen and oxygen atoms in total. The summed E-state index contributed by atoms with van der Waals surface area (Å²) in [7, 11) is 1.93. The van der Waals surface area contributed by atoms with Gasteiger partial charge in [0, 0.05) is 12.7 Å². The number of hydrogen-bond donors (Lipinski definition) is 2. The van der Waals surface area contributed by atoms with Crippen LogP contribution in [0.1, 0.15) is 12.5 Å². The minimum Gasteiger partial charge on any atom is -0.331 e. The van der Waals surface area contributed by atoms with Gasteiger partial charge in [0.1, 0.15) is 0 Å². The summed E-state index contributed by atoms with van der Waals surface area (Å²) >= 11 is 5.31. The fraction of sp³-hybridized carbons (Fsp3) is 0.188. The van der Waals surface area contributed by atoms with Gasteiger partial charge in [-0.15, -0.1) is 0 Å². The number of benzene rings is 2. The van der Waals surface area contributed by atoms with Crippen LogP contribution in [0.4, 0.5) is 11.4 Å². The van der Waals surface area contributed by atoms with Gasteiger partial charge < -0.3 is 5.32 Å². The lowest BCUT2D eigenvalue weighted by Crippen LogP contribution is -2.41. The van der Waals surface area contributed by atoms with Crippen LogP contribution in [0.15, 0.2) is 54.6 Å². The van der Waals surface area contributed by atoms with Crippen LogP contribution in [0.3, 0.4) is 0 Å². The maximum atomic E-state index is 5.31. The Bertz CT molecular complexity index is 552.